The molecule has 0 spiro atoms. The van der Waals surface area contributed by atoms with Crippen molar-refractivity contribution in [3.8, 4) is 0 Å². The van der Waals surface area contributed by atoms with Crippen molar-refractivity contribution in [2.75, 3.05) is 13.1 Å². The molecule has 1 aromatic heterocycles. The number of rotatable bonds is 9. The average molecular weight is 287 g/mol. The molecule has 0 aliphatic carbocycles. The first-order valence-electron chi connectivity index (χ1n) is 8.42. The largest absolute Gasteiger partial charge is 0.328 e. The lowest BCUT2D eigenvalue weighted by atomic mass is 10.2. The van der Waals surface area contributed by atoms with E-state index in [1.165, 1.54) is 42.6 Å². The smallest absolute Gasteiger partial charge is 0.111 e. The van der Waals surface area contributed by atoms with Crippen LogP contribution in [0.3, 0.4) is 0 Å². The minimum atomic E-state index is 1.01. The molecule has 1 N–H and O–H groups in total. The number of imidazole rings is 1. The van der Waals surface area contributed by atoms with Crippen LogP contribution < -0.4 is 5.32 Å². The predicted molar refractivity (Wildman–Crippen MR) is 90.9 cm³/mol. The number of nitrogens with zero attached hydrogens (tertiary/aromatic N) is 2. The Morgan fingerprint density at radius 3 is 2.76 bits per heavy atom. The third kappa shape index (κ3) is 4.31. The quantitative estimate of drug-likeness (QED) is 0.704. The summed E-state index contributed by atoms with van der Waals surface area (Å²) in [4.78, 5) is 4.87. The predicted octanol–water partition coefficient (Wildman–Crippen LogP) is 4.08. The number of aromatic nitrogens is 2. The van der Waals surface area contributed by atoms with E-state index in [4.69, 9.17) is 4.98 Å². The van der Waals surface area contributed by atoms with Crippen LogP contribution in [0.25, 0.3) is 11.0 Å². The number of likely N-dealkylation sites (N-methyl/N-ethyl adjacent to an activating group) is 1. The topological polar surface area (TPSA) is 29.9 Å². The molecule has 0 atom stereocenters. The van der Waals surface area contributed by atoms with Crippen LogP contribution in [-0.4, -0.2) is 22.6 Å². The van der Waals surface area contributed by atoms with E-state index in [1.54, 1.807) is 0 Å². The van der Waals surface area contributed by atoms with E-state index in [9.17, 15) is 0 Å². The van der Waals surface area contributed by atoms with Gasteiger partial charge in [-0.25, -0.2) is 4.98 Å². The molecule has 1 aromatic carbocycles. The first-order valence-corrected chi connectivity index (χ1v) is 8.42. The summed E-state index contributed by atoms with van der Waals surface area (Å²) in [6.45, 7) is 9.68. The second-order valence-corrected chi connectivity index (χ2v) is 5.84. The molecule has 0 saturated carbocycles. The zero-order valence-corrected chi connectivity index (χ0v) is 13.8. The van der Waals surface area contributed by atoms with Crippen LogP contribution in [0.1, 0.15) is 50.9 Å². The van der Waals surface area contributed by atoms with Crippen LogP contribution in [-0.2, 0) is 13.0 Å². The van der Waals surface area contributed by atoms with Crippen LogP contribution >= 0.6 is 0 Å². The summed E-state index contributed by atoms with van der Waals surface area (Å²) < 4.78 is 2.43. The summed E-state index contributed by atoms with van der Waals surface area (Å²) in [5.74, 6) is 1.23. The van der Waals surface area contributed by atoms with Gasteiger partial charge in [0.2, 0.25) is 0 Å². The van der Waals surface area contributed by atoms with Crippen LogP contribution in [0.15, 0.2) is 18.2 Å². The van der Waals surface area contributed by atoms with Gasteiger partial charge in [-0.3, -0.25) is 0 Å². The van der Waals surface area contributed by atoms with Crippen molar-refractivity contribution in [2.45, 2.75) is 59.4 Å². The van der Waals surface area contributed by atoms with Gasteiger partial charge in [0.05, 0.1) is 11.0 Å². The van der Waals surface area contributed by atoms with E-state index in [0.717, 1.165) is 31.6 Å². The molecule has 3 nitrogen and oxygen atoms in total. The Morgan fingerprint density at radius 2 is 2.00 bits per heavy atom. The molecule has 0 fully saturated rings. The summed E-state index contributed by atoms with van der Waals surface area (Å²) in [5.41, 5.74) is 3.73. The molecular weight excluding hydrogens is 258 g/mol. The highest BCUT2D eigenvalue weighted by Crippen LogP contribution is 2.19. The molecule has 1 heterocycles. The van der Waals surface area contributed by atoms with Crippen molar-refractivity contribution in [3.63, 3.8) is 0 Å². The van der Waals surface area contributed by atoms with Crippen molar-refractivity contribution in [1.29, 1.82) is 0 Å². The molecule has 2 rings (SSSR count). The van der Waals surface area contributed by atoms with Gasteiger partial charge in [0, 0.05) is 19.5 Å². The van der Waals surface area contributed by atoms with Crippen molar-refractivity contribution in [3.05, 3.63) is 29.6 Å². The van der Waals surface area contributed by atoms with Gasteiger partial charge in [-0.15, -0.1) is 0 Å². The molecule has 0 unspecified atom stereocenters. The van der Waals surface area contributed by atoms with E-state index < -0.39 is 0 Å². The minimum Gasteiger partial charge on any atom is -0.328 e. The molecule has 0 radical (unpaired) electrons. The number of hydrogen-bond donors (Lipinski definition) is 1. The second-order valence-electron chi connectivity index (χ2n) is 5.84. The zero-order chi connectivity index (χ0) is 15.1. The average Bonchev–Trinajstić information content (AvgIpc) is 2.81. The lowest BCUT2D eigenvalue weighted by Gasteiger charge is -2.09. The highest BCUT2D eigenvalue weighted by molar-refractivity contribution is 5.76. The summed E-state index contributed by atoms with van der Waals surface area (Å²) in [7, 11) is 0. The lowest BCUT2D eigenvalue weighted by molar-refractivity contribution is 0.567. The Balaban J connectivity index is 2.17. The van der Waals surface area contributed by atoms with Crippen LogP contribution in [0.4, 0.5) is 0 Å². The van der Waals surface area contributed by atoms with Gasteiger partial charge in [0.15, 0.2) is 0 Å². The van der Waals surface area contributed by atoms with E-state index in [0.29, 0.717) is 0 Å². The number of unbranched alkanes of at least 4 members (excludes halogenated alkanes) is 3. The Bertz CT molecular complexity index is 557. The van der Waals surface area contributed by atoms with Crippen molar-refractivity contribution < 1.29 is 0 Å². The molecule has 21 heavy (non-hydrogen) atoms. The van der Waals surface area contributed by atoms with Gasteiger partial charge in [-0.1, -0.05) is 39.2 Å². The summed E-state index contributed by atoms with van der Waals surface area (Å²) in [6, 6.07) is 6.63. The number of hydrogen-bond acceptors (Lipinski definition) is 2. The van der Waals surface area contributed by atoms with Crippen molar-refractivity contribution in [1.82, 2.24) is 14.9 Å². The maximum Gasteiger partial charge on any atom is 0.111 e. The normalized spacial score (nSPS) is 11.4. The lowest BCUT2D eigenvalue weighted by Crippen LogP contribution is -2.18. The molecule has 116 valence electrons. The van der Waals surface area contributed by atoms with Gasteiger partial charge < -0.3 is 9.88 Å². The third-order valence-corrected chi connectivity index (χ3v) is 3.99. The Kier molecular flexibility index (Phi) is 6.24. The second kappa shape index (κ2) is 8.18. The molecule has 2 aromatic rings. The van der Waals surface area contributed by atoms with Crippen LogP contribution in [0.5, 0.6) is 0 Å². The standard InChI is InChI=1S/C18H29N3/c1-4-6-7-8-13-21-17-10-9-15(3)14-16(17)20-18(21)11-12-19-5-2/h9-10,14,19H,4-8,11-13H2,1-3H3. The molecule has 0 aliphatic heterocycles. The first kappa shape index (κ1) is 16.0. The number of fused-ring (bicyclic) bond motifs is 1. The van der Waals surface area contributed by atoms with Gasteiger partial charge in [0.1, 0.15) is 5.82 Å². The maximum absolute atomic E-state index is 4.87. The maximum atomic E-state index is 4.87. The molecule has 0 bridgehead atoms. The Hall–Kier alpha value is -1.35. The molecular formula is C18H29N3. The highest BCUT2D eigenvalue weighted by atomic mass is 15.1. The summed E-state index contributed by atoms with van der Waals surface area (Å²) in [6.07, 6.45) is 6.20. The van der Waals surface area contributed by atoms with E-state index in [-0.39, 0.29) is 0 Å². The fraction of sp³-hybridized carbons (Fsp3) is 0.611. The summed E-state index contributed by atoms with van der Waals surface area (Å²) >= 11 is 0. The van der Waals surface area contributed by atoms with Gasteiger partial charge >= 0.3 is 0 Å². The monoisotopic (exact) mass is 287 g/mol. The minimum absolute atomic E-state index is 1.01. The SMILES string of the molecule is CCCCCCn1c(CCNCC)nc2cc(C)ccc21. The van der Waals surface area contributed by atoms with Gasteiger partial charge in [-0.2, -0.15) is 0 Å². The Labute approximate surface area is 128 Å². The molecule has 0 amide bonds. The number of aryl methyl sites for hydroxylation is 2. The fourth-order valence-electron chi connectivity index (χ4n) is 2.80. The zero-order valence-electron chi connectivity index (χ0n) is 13.8. The first-order chi connectivity index (χ1) is 10.3. The van der Waals surface area contributed by atoms with Crippen molar-refractivity contribution >= 4 is 11.0 Å². The highest BCUT2D eigenvalue weighted by Gasteiger charge is 2.10. The Morgan fingerprint density at radius 1 is 1.14 bits per heavy atom. The van der Waals surface area contributed by atoms with E-state index >= 15 is 0 Å². The van der Waals surface area contributed by atoms with Crippen molar-refractivity contribution in [2.24, 2.45) is 0 Å². The van der Waals surface area contributed by atoms with Crippen LogP contribution in [0, 0.1) is 6.92 Å². The third-order valence-electron chi connectivity index (χ3n) is 3.99. The fourth-order valence-corrected chi connectivity index (χ4v) is 2.80. The van der Waals surface area contributed by atoms with Crippen LogP contribution in [0.2, 0.25) is 0 Å². The number of nitrogens with one attached hydrogen (secondary N) is 1. The summed E-state index contributed by atoms with van der Waals surface area (Å²) in [5, 5.41) is 3.40. The van der Waals surface area contributed by atoms with E-state index in [1.807, 2.05) is 0 Å². The van der Waals surface area contributed by atoms with Gasteiger partial charge in [0.25, 0.3) is 0 Å². The molecule has 0 aliphatic rings. The molecule has 3 heteroatoms. The number of benzene rings is 1. The van der Waals surface area contributed by atoms with E-state index in [2.05, 4.69) is 48.9 Å². The molecule has 0 saturated heterocycles. The van der Waals surface area contributed by atoms with Gasteiger partial charge in [-0.05, 0) is 37.6 Å².